The van der Waals surface area contributed by atoms with Crippen LogP contribution in [-0.4, -0.2) is 22.5 Å². The zero-order valence-corrected chi connectivity index (χ0v) is 14.0. The summed E-state index contributed by atoms with van der Waals surface area (Å²) in [5, 5.41) is 2.96. The second-order valence-electron chi connectivity index (χ2n) is 5.40. The Morgan fingerprint density at radius 3 is 2.56 bits per heavy atom. The van der Waals surface area contributed by atoms with Crippen molar-refractivity contribution >= 4 is 5.91 Å². The zero-order valence-electron chi connectivity index (χ0n) is 14.0. The lowest BCUT2D eigenvalue weighted by molar-refractivity contribution is 0.0951. The number of rotatable bonds is 6. The molecule has 0 spiro atoms. The summed E-state index contributed by atoms with van der Waals surface area (Å²) in [5.74, 6) is 0.640. The highest BCUT2D eigenvalue weighted by Gasteiger charge is 2.13. The van der Waals surface area contributed by atoms with Gasteiger partial charge in [-0.15, -0.1) is 0 Å². The van der Waals surface area contributed by atoms with Crippen molar-refractivity contribution in [2.45, 2.75) is 13.5 Å². The predicted molar refractivity (Wildman–Crippen MR) is 96.2 cm³/mol. The van der Waals surface area contributed by atoms with Gasteiger partial charge in [0.15, 0.2) is 0 Å². The first-order chi connectivity index (χ1) is 12.3. The van der Waals surface area contributed by atoms with Crippen molar-refractivity contribution in [3.8, 4) is 16.9 Å². The molecule has 0 saturated heterocycles. The number of nitrogens with zero attached hydrogens (tertiary/aromatic N) is 2. The van der Waals surface area contributed by atoms with Crippen LogP contribution in [0.1, 0.15) is 22.8 Å². The van der Waals surface area contributed by atoms with E-state index in [1.165, 1.54) is 6.33 Å². The number of para-hydroxylation sites is 1. The van der Waals surface area contributed by atoms with Crippen LogP contribution in [0, 0.1) is 0 Å². The Morgan fingerprint density at radius 1 is 1.04 bits per heavy atom. The molecule has 0 fully saturated rings. The van der Waals surface area contributed by atoms with Gasteiger partial charge in [-0.1, -0.05) is 36.4 Å². The molecule has 0 unspecified atom stereocenters. The summed E-state index contributed by atoms with van der Waals surface area (Å²) < 4.78 is 5.60. The molecule has 1 N–H and O–H groups in total. The van der Waals surface area contributed by atoms with Gasteiger partial charge in [-0.25, -0.2) is 9.97 Å². The third-order valence-electron chi connectivity index (χ3n) is 3.76. The first-order valence-electron chi connectivity index (χ1n) is 8.13. The number of benzene rings is 2. The summed E-state index contributed by atoms with van der Waals surface area (Å²) in [6.45, 7) is 2.92. The van der Waals surface area contributed by atoms with Gasteiger partial charge in [-0.05, 0) is 24.6 Å². The monoisotopic (exact) mass is 333 g/mol. The third kappa shape index (κ3) is 4.01. The summed E-state index contributed by atoms with van der Waals surface area (Å²) >= 11 is 0. The number of aromatic nitrogens is 2. The highest BCUT2D eigenvalue weighted by atomic mass is 16.5. The molecule has 1 amide bonds. The summed E-state index contributed by atoms with van der Waals surface area (Å²) in [5.41, 5.74) is 3.14. The molecule has 5 heteroatoms. The van der Waals surface area contributed by atoms with E-state index in [0.29, 0.717) is 18.7 Å². The molecule has 25 heavy (non-hydrogen) atoms. The molecule has 3 aromatic rings. The molecule has 3 rings (SSSR count). The van der Waals surface area contributed by atoms with Gasteiger partial charge < -0.3 is 10.1 Å². The van der Waals surface area contributed by atoms with Crippen LogP contribution >= 0.6 is 0 Å². The molecule has 0 saturated carbocycles. The number of hydrogen-bond donors (Lipinski definition) is 1. The number of hydrogen-bond acceptors (Lipinski definition) is 4. The molecule has 0 bridgehead atoms. The number of nitrogens with one attached hydrogen (secondary N) is 1. The van der Waals surface area contributed by atoms with Crippen molar-refractivity contribution in [3.05, 3.63) is 78.4 Å². The van der Waals surface area contributed by atoms with Gasteiger partial charge in [-0.2, -0.15) is 0 Å². The van der Waals surface area contributed by atoms with Gasteiger partial charge in [-0.3, -0.25) is 4.79 Å². The Morgan fingerprint density at radius 2 is 1.76 bits per heavy atom. The van der Waals surface area contributed by atoms with Crippen molar-refractivity contribution in [2.24, 2.45) is 0 Å². The molecular weight excluding hydrogens is 314 g/mol. The van der Waals surface area contributed by atoms with Gasteiger partial charge in [0.2, 0.25) is 0 Å². The van der Waals surface area contributed by atoms with Crippen LogP contribution in [0.4, 0.5) is 0 Å². The Balaban J connectivity index is 1.79. The lowest BCUT2D eigenvalue weighted by Crippen LogP contribution is -2.23. The molecule has 5 nitrogen and oxygen atoms in total. The standard InChI is InChI=1S/C20H19N3O2/c1-2-25-19-10-6-3-7-15(19)13-23-20(24)18-9-5-4-8-17(18)16-11-21-14-22-12-16/h3-12,14H,2,13H2,1H3,(H,23,24). The minimum Gasteiger partial charge on any atom is -0.494 e. The number of carbonyl (C=O) groups excluding carboxylic acids is 1. The van der Waals surface area contributed by atoms with E-state index in [4.69, 9.17) is 4.74 Å². The van der Waals surface area contributed by atoms with Gasteiger partial charge >= 0.3 is 0 Å². The first kappa shape index (κ1) is 16.6. The van der Waals surface area contributed by atoms with Crippen LogP contribution in [0.2, 0.25) is 0 Å². The number of amides is 1. The average molecular weight is 333 g/mol. The zero-order chi connectivity index (χ0) is 17.5. The third-order valence-corrected chi connectivity index (χ3v) is 3.76. The van der Waals surface area contributed by atoms with E-state index in [0.717, 1.165) is 22.4 Å². The van der Waals surface area contributed by atoms with Crippen molar-refractivity contribution in [1.82, 2.24) is 15.3 Å². The number of carbonyl (C=O) groups is 1. The Bertz CT molecular complexity index is 850. The molecule has 0 aliphatic carbocycles. The Hall–Kier alpha value is -3.21. The molecular formula is C20H19N3O2. The van der Waals surface area contributed by atoms with Gasteiger partial charge in [0, 0.05) is 35.6 Å². The van der Waals surface area contributed by atoms with E-state index >= 15 is 0 Å². The van der Waals surface area contributed by atoms with E-state index in [2.05, 4.69) is 15.3 Å². The minimum atomic E-state index is -0.147. The molecule has 0 radical (unpaired) electrons. The van der Waals surface area contributed by atoms with Crippen LogP contribution in [0.5, 0.6) is 5.75 Å². The molecule has 2 aromatic carbocycles. The maximum Gasteiger partial charge on any atom is 0.252 e. The molecule has 1 heterocycles. The van der Waals surface area contributed by atoms with Gasteiger partial charge in [0.05, 0.1) is 6.61 Å². The minimum absolute atomic E-state index is 0.147. The van der Waals surface area contributed by atoms with E-state index in [1.807, 2.05) is 49.4 Å². The largest absolute Gasteiger partial charge is 0.494 e. The van der Waals surface area contributed by atoms with Crippen LogP contribution < -0.4 is 10.1 Å². The fraction of sp³-hybridized carbons (Fsp3) is 0.150. The summed E-state index contributed by atoms with van der Waals surface area (Å²) in [6, 6.07) is 15.1. The summed E-state index contributed by atoms with van der Waals surface area (Å²) in [4.78, 5) is 20.7. The Kier molecular flexibility index (Phi) is 5.36. The van der Waals surface area contributed by atoms with E-state index < -0.39 is 0 Å². The SMILES string of the molecule is CCOc1ccccc1CNC(=O)c1ccccc1-c1cncnc1. The maximum atomic E-state index is 12.7. The van der Waals surface area contributed by atoms with Gasteiger partial charge in [0.25, 0.3) is 5.91 Å². The van der Waals surface area contributed by atoms with Crippen LogP contribution in [-0.2, 0) is 6.54 Å². The summed E-state index contributed by atoms with van der Waals surface area (Å²) in [7, 11) is 0. The smallest absolute Gasteiger partial charge is 0.252 e. The van der Waals surface area contributed by atoms with Crippen molar-refractivity contribution in [3.63, 3.8) is 0 Å². The van der Waals surface area contributed by atoms with Crippen LogP contribution in [0.25, 0.3) is 11.1 Å². The first-order valence-corrected chi connectivity index (χ1v) is 8.13. The quantitative estimate of drug-likeness (QED) is 0.750. The van der Waals surface area contributed by atoms with Crippen molar-refractivity contribution in [2.75, 3.05) is 6.61 Å². The topological polar surface area (TPSA) is 64.1 Å². The fourth-order valence-corrected chi connectivity index (χ4v) is 2.59. The molecule has 0 atom stereocenters. The molecule has 0 aliphatic rings. The highest BCUT2D eigenvalue weighted by molar-refractivity contribution is 6.00. The fourth-order valence-electron chi connectivity index (χ4n) is 2.59. The van der Waals surface area contributed by atoms with E-state index in [1.54, 1.807) is 18.5 Å². The Labute approximate surface area is 146 Å². The second-order valence-corrected chi connectivity index (χ2v) is 5.40. The second kappa shape index (κ2) is 8.06. The maximum absolute atomic E-state index is 12.7. The van der Waals surface area contributed by atoms with E-state index in [-0.39, 0.29) is 5.91 Å². The van der Waals surface area contributed by atoms with Crippen molar-refractivity contribution in [1.29, 1.82) is 0 Å². The highest BCUT2D eigenvalue weighted by Crippen LogP contribution is 2.23. The van der Waals surface area contributed by atoms with Gasteiger partial charge in [0.1, 0.15) is 12.1 Å². The lowest BCUT2D eigenvalue weighted by Gasteiger charge is -2.12. The molecule has 126 valence electrons. The predicted octanol–water partition coefficient (Wildman–Crippen LogP) is 3.47. The van der Waals surface area contributed by atoms with Crippen LogP contribution in [0.15, 0.2) is 67.3 Å². The summed E-state index contributed by atoms with van der Waals surface area (Å²) in [6.07, 6.45) is 4.86. The van der Waals surface area contributed by atoms with E-state index in [9.17, 15) is 4.79 Å². The molecule has 0 aliphatic heterocycles. The van der Waals surface area contributed by atoms with Crippen molar-refractivity contribution < 1.29 is 9.53 Å². The normalized spacial score (nSPS) is 10.3. The van der Waals surface area contributed by atoms with Crippen LogP contribution in [0.3, 0.4) is 0 Å². The molecule has 1 aromatic heterocycles. The average Bonchev–Trinajstić information content (AvgIpc) is 2.68. The lowest BCUT2D eigenvalue weighted by atomic mass is 10.0. The number of ether oxygens (including phenoxy) is 1.